The van der Waals surface area contributed by atoms with Crippen molar-refractivity contribution in [3.05, 3.63) is 71.5 Å². The summed E-state index contributed by atoms with van der Waals surface area (Å²) in [6, 6.07) is 14.4. The molecule has 3 aromatic rings. The normalized spacial score (nSPS) is 13.7. The van der Waals surface area contributed by atoms with E-state index in [4.69, 9.17) is 9.47 Å². The summed E-state index contributed by atoms with van der Waals surface area (Å²) in [6.45, 7) is 4.05. The van der Waals surface area contributed by atoms with Crippen molar-refractivity contribution in [2.24, 2.45) is 0 Å². The largest absolute Gasteiger partial charge is 0.497 e. The van der Waals surface area contributed by atoms with Crippen molar-refractivity contribution in [3.63, 3.8) is 0 Å². The maximum Gasteiger partial charge on any atom is 0.276 e. The van der Waals surface area contributed by atoms with Gasteiger partial charge in [0.2, 0.25) is 0 Å². The minimum atomic E-state index is -0.341. The Morgan fingerprint density at radius 3 is 2.52 bits per heavy atom. The van der Waals surface area contributed by atoms with Crippen molar-refractivity contribution < 1.29 is 19.1 Å². The van der Waals surface area contributed by atoms with Crippen molar-refractivity contribution in [1.29, 1.82) is 0 Å². The minimum Gasteiger partial charge on any atom is -0.497 e. The molecule has 2 amide bonds. The Morgan fingerprint density at radius 2 is 1.81 bits per heavy atom. The van der Waals surface area contributed by atoms with Crippen molar-refractivity contribution >= 4 is 17.5 Å². The van der Waals surface area contributed by atoms with E-state index in [0.717, 1.165) is 17.0 Å². The number of nitrogens with zero attached hydrogens (tertiary/aromatic N) is 3. The average Bonchev–Trinajstić information content (AvgIpc) is 3.31. The molecule has 1 N–H and O–H groups in total. The second-order valence-corrected chi connectivity index (χ2v) is 7.18. The van der Waals surface area contributed by atoms with Crippen LogP contribution >= 0.6 is 0 Å². The molecule has 160 valence electrons. The predicted octanol–water partition coefficient (Wildman–Crippen LogP) is 2.91. The fourth-order valence-electron chi connectivity index (χ4n) is 3.45. The number of carbonyl (C=O) groups is 2. The summed E-state index contributed by atoms with van der Waals surface area (Å²) in [5.74, 6) is 0.350. The molecule has 0 unspecified atom stereocenters. The molecule has 1 aliphatic heterocycles. The number of rotatable bonds is 5. The predicted molar refractivity (Wildman–Crippen MR) is 116 cm³/mol. The number of methoxy groups -OCH3 is 1. The molecule has 0 aliphatic carbocycles. The molecule has 0 saturated carbocycles. The van der Waals surface area contributed by atoms with Gasteiger partial charge in [-0.3, -0.25) is 9.59 Å². The quantitative estimate of drug-likeness (QED) is 0.686. The molecule has 0 bridgehead atoms. The molecule has 2 aromatic carbocycles. The van der Waals surface area contributed by atoms with Crippen LogP contribution in [0.5, 0.6) is 5.75 Å². The van der Waals surface area contributed by atoms with Crippen LogP contribution in [0.25, 0.3) is 5.69 Å². The van der Waals surface area contributed by atoms with Crippen molar-refractivity contribution in [3.8, 4) is 11.4 Å². The third kappa shape index (κ3) is 4.44. The number of carbonyl (C=O) groups excluding carboxylic acids is 2. The average molecular weight is 420 g/mol. The summed E-state index contributed by atoms with van der Waals surface area (Å²) in [4.78, 5) is 27.4. The summed E-state index contributed by atoms with van der Waals surface area (Å²) in [5.41, 5.74) is 2.97. The van der Waals surface area contributed by atoms with Crippen molar-refractivity contribution in [2.75, 3.05) is 38.7 Å². The first-order valence-electron chi connectivity index (χ1n) is 10.0. The van der Waals surface area contributed by atoms with Gasteiger partial charge in [-0.25, -0.2) is 4.68 Å². The highest BCUT2D eigenvalue weighted by molar-refractivity contribution is 6.05. The van der Waals surface area contributed by atoms with E-state index in [1.807, 2.05) is 31.2 Å². The fourth-order valence-corrected chi connectivity index (χ4v) is 3.45. The van der Waals surface area contributed by atoms with Gasteiger partial charge in [0, 0.05) is 30.5 Å². The van der Waals surface area contributed by atoms with Crippen LogP contribution in [-0.2, 0) is 4.74 Å². The zero-order valence-corrected chi connectivity index (χ0v) is 17.5. The van der Waals surface area contributed by atoms with Gasteiger partial charge in [0.05, 0.1) is 26.0 Å². The van der Waals surface area contributed by atoms with Crippen molar-refractivity contribution in [2.45, 2.75) is 6.92 Å². The monoisotopic (exact) mass is 420 g/mol. The third-order valence-corrected chi connectivity index (χ3v) is 5.27. The minimum absolute atomic E-state index is 0.0549. The SMILES string of the molecule is COc1ccc(-n2ccc(C(=O)Nc3cccc(C(=O)N4CCOCC4)c3C)n2)cc1. The van der Waals surface area contributed by atoms with Gasteiger partial charge in [-0.1, -0.05) is 6.07 Å². The number of benzene rings is 2. The number of anilines is 1. The number of nitrogens with one attached hydrogen (secondary N) is 1. The molecule has 1 saturated heterocycles. The molecular formula is C23H24N4O4. The van der Waals surface area contributed by atoms with E-state index in [0.29, 0.717) is 37.6 Å². The number of aromatic nitrogens is 2. The number of amides is 2. The van der Waals surface area contributed by atoms with Gasteiger partial charge in [-0.15, -0.1) is 0 Å². The summed E-state index contributed by atoms with van der Waals surface area (Å²) in [5, 5.41) is 7.25. The second kappa shape index (κ2) is 9.01. The van der Waals surface area contributed by atoms with Gasteiger partial charge in [0.15, 0.2) is 5.69 Å². The number of hydrogen-bond acceptors (Lipinski definition) is 5. The van der Waals surface area contributed by atoms with Crippen LogP contribution in [0.15, 0.2) is 54.7 Å². The van der Waals surface area contributed by atoms with Crippen LogP contribution in [0.2, 0.25) is 0 Å². The van der Waals surface area contributed by atoms with Crippen LogP contribution in [0.4, 0.5) is 5.69 Å². The second-order valence-electron chi connectivity index (χ2n) is 7.18. The van der Waals surface area contributed by atoms with Gasteiger partial charge >= 0.3 is 0 Å². The lowest BCUT2D eigenvalue weighted by atomic mass is 10.0. The molecular weight excluding hydrogens is 396 g/mol. The molecule has 8 nitrogen and oxygen atoms in total. The van der Waals surface area contributed by atoms with Gasteiger partial charge in [-0.05, 0) is 55.0 Å². The third-order valence-electron chi connectivity index (χ3n) is 5.27. The van der Waals surface area contributed by atoms with Gasteiger partial charge < -0.3 is 19.7 Å². The molecule has 1 aromatic heterocycles. The topological polar surface area (TPSA) is 85.7 Å². The summed E-state index contributed by atoms with van der Waals surface area (Å²) < 4.78 is 12.1. The zero-order valence-electron chi connectivity index (χ0n) is 17.5. The van der Waals surface area contributed by atoms with Gasteiger partial charge in [-0.2, -0.15) is 5.10 Å². The maximum absolute atomic E-state index is 12.9. The lowest BCUT2D eigenvalue weighted by Crippen LogP contribution is -2.41. The number of morpholine rings is 1. The van der Waals surface area contributed by atoms with E-state index in [9.17, 15) is 9.59 Å². The lowest BCUT2D eigenvalue weighted by molar-refractivity contribution is 0.0302. The molecule has 2 heterocycles. The molecule has 4 rings (SSSR count). The standard InChI is InChI=1S/C23H24N4O4/c1-16-19(23(29)26-12-14-31-15-13-26)4-3-5-20(16)24-22(28)21-10-11-27(25-21)17-6-8-18(30-2)9-7-17/h3-11H,12-15H2,1-2H3,(H,24,28). The Kier molecular flexibility index (Phi) is 5.99. The molecule has 1 fully saturated rings. The highest BCUT2D eigenvalue weighted by atomic mass is 16.5. The molecule has 0 atom stereocenters. The fraction of sp³-hybridized carbons (Fsp3) is 0.261. The Bertz CT molecular complexity index is 1090. The van der Waals surface area contributed by atoms with E-state index in [2.05, 4.69) is 10.4 Å². The van der Waals surface area contributed by atoms with E-state index in [1.54, 1.807) is 47.2 Å². The molecule has 1 aliphatic rings. The number of hydrogen-bond donors (Lipinski definition) is 1. The van der Waals surface area contributed by atoms with Crippen LogP contribution in [-0.4, -0.2) is 59.9 Å². The highest BCUT2D eigenvalue weighted by Crippen LogP contribution is 2.22. The van der Waals surface area contributed by atoms with Gasteiger partial charge in [0.1, 0.15) is 5.75 Å². The Labute approximate surface area is 180 Å². The smallest absolute Gasteiger partial charge is 0.276 e. The van der Waals surface area contributed by atoms with Crippen molar-refractivity contribution in [1.82, 2.24) is 14.7 Å². The van der Waals surface area contributed by atoms with E-state index in [-0.39, 0.29) is 17.5 Å². The Morgan fingerprint density at radius 1 is 1.06 bits per heavy atom. The molecule has 0 radical (unpaired) electrons. The van der Waals surface area contributed by atoms with E-state index in [1.165, 1.54) is 0 Å². The Hall–Kier alpha value is -3.65. The summed E-state index contributed by atoms with van der Waals surface area (Å²) in [7, 11) is 1.61. The summed E-state index contributed by atoms with van der Waals surface area (Å²) in [6.07, 6.45) is 1.72. The molecule has 31 heavy (non-hydrogen) atoms. The first-order chi connectivity index (χ1) is 15.1. The van der Waals surface area contributed by atoms with Gasteiger partial charge in [0.25, 0.3) is 11.8 Å². The molecule has 8 heteroatoms. The van der Waals surface area contributed by atoms with E-state index < -0.39 is 0 Å². The highest BCUT2D eigenvalue weighted by Gasteiger charge is 2.21. The van der Waals surface area contributed by atoms with Crippen LogP contribution < -0.4 is 10.1 Å². The summed E-state index contributed by atoms with van der Waals surface area (Å²) >= 11 is 0. The first-order valence-corrected chi connectivity index (χ1v) is 10.0. The zero-order chi connectivity index (χ0) is 21.8. The maximum atomic E-state index is 12.9. The van der Waals surface area contributed by atoms with E-state index >= 15 is 0 Å². The Balaban J connectivity index is 1.50. The van der Waals surface area contributed by atoms with Crippen LogP contribution in [0.1, 0.15) is 26.4 Å². The number of ether oxygens (including phenoxy) is 2. The first kappa shape index (κ1) is 20.6. The lowest BCUT2D eigenvalue weighted by Gasteiger charge is -2.27. The van der Waals surface area contributed by atoms with Crippen LogP contribution in [0.3, 0.4) is 0 Å². The molecule has 0 spiro atoms. The van der Waals surface area contributed by atoms with Crippen LogP contribution in [0, 0.1) is 6.92 Å².